The first-order chi connectivity index (χ1) is 8.22. The van der Waals surface area contributed by atoms with Crippen molar-refractivity contribution in [1.29, 1.82) is 0 Å². The van der Waals surface area contributed by atoms with Crippen LogP contribution in [0.1, 0.15) is 12.5 Å². The highest BCUT2D eigenvalue weighted by Gasteiger charge is 2.07. The van der Waals surface area contributed by atoms with Gasteiger partial charge in [0.1, 0.15) is 0 Å². The van der Waals surface area contributed by atoms with Gasteiger partial charge in [-0.3, -0.25) is 0 Å². The first-order valence-corrected chi connectivity index (χ1v) is 5.28. The summed E-state index contributed by atoms with van der Waals surface area (Å²) in [6.45, 7) is 2.46. The molecule has 0 aliphatic carbocycles. The molecule has 0 unspecified atom stereocenters. The second-order valence-electron chi connectivity index (χ2n) is 3.17. The molecule has 0 bridgehead atoms. The van der Waals surface area contributed by atoms with Gasteiger partial charge in [0.2, 0.25) is 0 Å². The first kappa shape index (κ1) is 13.1. The lowest BCUT2D eigenvalue weighted by Gasteiger charge is -2.11. The van der Waals surface area contributed by atoms with Crippen molar-refractivity contribution in [2.75, 3.05) is 20.8 Å². The van der Waals surface area contributed by atoms with Crippen molar-refractivity contribution in [3.8, 4) is 11.5 Å². The van der Waals surface area contributed by atoms with Crippen LogP contribution in [0.3, 0.4) is 0 Å². The molecule has 0 spiro atoms. The van der Waals surface area contributed by atoms with Gasteiger partial charge in [-0.05, 0) is 19.1 Å². The molecule has 0 aromatic heterocycles. The highest BCUT2D eigenvalue weighted by atomic mass is 16.5. The number of hydrogen-bond acceptors (Lipinski definition) is 4. The van der Waals surface area contributed by atoms with Crippen molar-refractivity contribution < 1.29 is 19.0 Å². The molecule has 0 amide bonds. The zero-order chi connectivity index (χ0) is 12.7. The van der Waals surface area contributed by atoms with Gasteiger partial charge in [0.25, 0.3) is 0 Å². The Bertz CT molecular complexity index is 410. The average Bonchev–Trinajstić information content (AvgIpc) is 2.36. The molecule has 0 saturated heterocycles. The maximum absolute atomic E-state index is 11.0. The minimum Gasteiger partial charge on any atom is -0.492 e. The smallest absolute Gasteiger partial charge is 0.330 e. The van der Waals surface area contributed by atoms with E-state index in [2.05, 4.69) is 4.74 Å². The molecule has 1 rings (SSSR count). The zero-order valence-corrected chi connectivity index (χ0v) is 10.2. The second-order valence-corrected chi connectivity index (χ2v) is 3.17. The Labute approximate surface area is 101 Å². The standard InChI is InChI=1S/C13H16O4/c1-4-17-11-7-5-6-10(13(11)16-3)8-9-12(14)15-2/h5-9H,4H2,1-3H3/b9-8+. The van der Waals surface area contributed by atoms with Gasteiger partial charge in [-0.1, -0.05) is 12.1 Å². The van der Waals surface area contributed by atoms with E-state index >= 15 is 0 Å². The molecule has 4 nitrogen and oxygen atoms in total. The summed E-state index contributed by atoms with van der Waals surface area (Å²) in [5, 5.41) is 0. The average molecular weight is 236 g/mol. The normalized spacial score (nSPS) is 10.3. The number of ether oxygens (including phenoxy) is 3. The fraction of sp³-hybridized carbons (Fsp3) is 0.308. The predicted molar refractivity (Wildman–Crippen MR) is 65.2 cm³/mol. The van der Waals surface area contributed by atoms with E-state index in [1.165, 1.54) is 13.2 Å². The largest absolute Gasteiger partial charge is 0.492 e. The van der Waals surface area contributed by atoms with Crippen LogP contribution in [0.5, 0.6) is 11.5 Å². The number of methoxy groups -OCH3 is 2. The molecule has 1 aromatic carbocycles. The van der Waals surface area contributed by atoms with Crippen LogP contribution < -0.4 is 9.47 Å². The summed E-state index contributed by atoms with van der Waals surface area (Å²) in [4.78, 5) is 11.0. The molecule has 0 atom stereocenters. The van der Waals surface area contributed by atoms with E-state index < -0.39 is 5.97 Å². The van der Waals surface area contributed by atoms with Crippen molar-refractivity contribution in [1.82, 2.24) is 0 Å². The minimum absolute atomic E-state index is 0.408. The van der Waals surface area contributed by atoms with E-state index in [9.17, 15) is 4.79 Å². The summed E-state index contributed by atoms with van der Waals surface area (Å²) in [7, 11) is 2.90. The van der Waals surface area contributed by atoms with E-state index in [1.54, 1.807) is 13.2 Å². The minimum atomic E-state index is -0.408. The number of carbonyl (C=O) groups is 1. The van der Waals surface area contributed by atoms with Gasteiger partial charge in [-0.15, -0.1) is 0 Å². The second kappa shape index (κ2) is 6.58. The SMILES string of the molecule is CCOc1cccc(/C=C/C(=O)OC)c1OC. The Hall–Kier alpha value is -1.97. The molecule has 1 aromatic rings. The highest BCUT2D eigenvalue weighted by Crippen LogP contribution is 2.31. The molecular formula is C13H16O4. The Morgan fingerprint density at radius 2 is 2.12 bits per heavy atom. The molecule has 17 heavy (non-hydrogen) atoms. The first-order valence-electron chi connectivity index (χ1n) is 5.28. The number of carbonyl (C=O) groups excluding carboxylic acids is 1. The van der Waals surface area contributed by atoms with E-state index in [-0.39, 0.29) is 0 Å². The van der Waals surface area contributed by atoms with Crippen molar-refractivity contribution in [3.63, 3.8) is 0 Å². The van der Waals surface area contributed by atoms with Gasteiger partial charge in [0, 0.05) is 11.6 Å². The molecule has 4 heteroatoms. The van der Waals surface area contributed by atoms with Crippen LogP contribution in [-0.4, -0.2) is 26.8 Å². The Balaban J connectivity index is 3.02. The van der Waals surface area contributed by atoms with Crippen LogP contribution in [0.4, 0.5) is 0 Å². The topological polar surface area (TPSA) is 44.8 Å². The van der Waals surface area contributed by atoms with E-state index in [1.807, 2.05) is 25.1 Å². The van der Waals surface area contributed by atoms with Crippen LogP contribution in [0.2, 0.25) is 0 Å². The van der Waals surface area contributed by atoms with E-state index in [0.29, 0.717) is 18.1 Å². The van der Waals surface area contributed by atoms with Gasteiger partial charge >= 0.3 is 5.97 Å². The van der Waals surface area contributed by atoms with Crippen LogP contribution in [0, 0.1) is 0 Å². The van der Waals surface area contributed by atoms with E-state index in [0.717, 1.165) is 5.56 Å². The fourth-order valence-electron chi connectivity index (χ4n) is 1.38. The monoisotopic (exact) mass is 236 g/mol. The molecule has 0 aliphatic heterocycles. The Morgan fingerprint density at radius 1 is 1.35 bits per heavy atom. The van der Waals surface area contributed by atoms with Gasteiger partial charge in [-0.25, -0.2) is 4.79 Å². The van der Waals surface area contributed by atoms with Crippen molar-refractivity contribution in [2.45, 2.75) is 6.92 Å². The number of para-hydroxylation sites is 1. The lowest BCUT2D eigenvalue weighted by Crippen LogP contribution is -1.97. The zero-order valence-electron chi connectivity index (χ0n) is 10.2. The maximum Gasteiger partial charge on any atom is 0.330 e. The number of benzene rings is 1. The lowest BCUT2D eigenvalue weighted by atomic mass is 10.1. The van der Waals surface area contributed by atoms with Crippen molar-refractivity contribution in [2.24, 2.45) is 0 Å². The maximum atomic E-state index is 11.0. The number of rotatable bonds is 5. The molecular weight excluding hydrogens is 220 g/mol. The van der Waals surface area contributed by atoms with Crippen LogP contribution >= 0.6 is 0 Å². The fourth-order valence-corrected chi connectivity index (χ4v) is 1.38. The van der Waals surface area contributed by atoms with Crippen LogP contribution in [0.15, 0.2) is 24.3 Å². The third-order valence-corrected chi connectivity index (χ3v) is 2.11. The lowest BCUT2D eigenvalue weighted by molar-refractivity contribution is -0.134. The third-order valence-electron chi connectivity index (χ3n) is 2.11. The quantitative estimate of drug-likeness (QED) is 0.581. The van der Waals surface area contributed by atoms with Gasteiger partial charge in [-0.2, -0.15) is 0 Å². The summed E-state index contributed by atoms with van der Waals surface area (Å²) in [6, 6.07) is 5.49. The summed E-state index contributed by atoms with van der Waals surface area (Å²) < 4.78 is 15.2. The summed E-state index contributed by atoms with van der Waals surface area (Å²) in [5.41, 5.74) is 0.767. The highest BCUT2D eigenvalue weighted by molar-refractivity contribution is 5.87. The molecule has 0 saturated carbocycles. The van der Waals surface area contributed by atoms with E-state index in [4.69, 9.17) is 9.47 Å². The van der Waals surface area contributed by atoms with Gasteiger partial charge in [0.15, 0.2) is 11.5 Å². The number of hydrogen-bond donors (Lipinski definition) is 0. The molecule has 0 heterocycles. The Kier molecular flexibility index (Phi) is 5.07. The Morgan fingerprint density at radius 3 is 2.71 bits per heavy atom. The summed E-state index contributed by atoms with van der Waals surface area (Å²) in [6.07, 6.45) is 2.97. The molecule has 0 radical (unpaired) electrons. The molecule has 0 fully saturated rings. The van der Waals surface area contributed by atoms with Crippen LogP contribution in [-0.2, 0) is 9.53 Å². The predicted octanol–water partition coefficient (Wildman–Crippen LogP) is 2.28. The molecule has 0 N–H and O–H groups in total. The summed E-state index contributed by atoms with van der Waals surface area (Å²) >= 11 is 0. The number of esters is 1. The van der Waals surface area contributed by atoms with Crippen molar-refractivity contribution >= 4 is 12.0 Å². The summed E-state index contributed by atoms with van der Waals surface area (Å²) in [5.74, 6) is 0.852. The molecule has 0 aliphatic rings. The third kappa shape index (κ3) is 3.52. The van der Waals surface area contributed by atoms with Gasteiger partial charge in [0.05, 0.1) is 20.8 Å². The van der Waals surface area contributed by atoms with Gasteiger partial charge < -0.3 is 14.2 Å². The van der Waals surface area contributed by atoms with Crippen molar-refractivity contribution in [3.05, 3.63) is 29.8 Å². The molecule has 92 valence electrons. The van der Waals surface area contributed by atoms with Crippen LogP contribution in [0.25, 0.3) is 6.08 Å².